The summed E-state index contributed by atoms with van der Waals surface area (Å²) in [6.07, 6.45) is -10.8. The van der Waals surface area contributed by atoms with Crippen molar-refractivity contribution in [3.63, 3.8) is 0 Å². The summed E-state index contributed by atoms with van der Waals surface area (Å²) in [6.45, 7) is 0. The summed E-state index contributed by atoms with van der Waals surface area (Å²) < 4.78 is 211. The normalized spacial score (nSPS) is 15.7. The van der Waals surface area contributed by atoms with E-state index in [4.69, 9.17) is 0 Å². The van der Waals surface area contributed by atoms with Crippen molar-refractivity contribution in [3.05, 3.63) is 11.9 Å². The molecule has 0 radical (unpaired) electrons. The molecule has 0 saturated carbocycles. The van der Waals surface area contributed by atoms with E-state index in [1.807, 2.05) is 0 Å². The molecule has 18 heteroatoms. The third kappa shape index (κ3) is 4.58. The molecule has 0 aromatic carbocycles. The number of carbonyl (C=O) groups is 1. The Kier molecular flexibility index (Phi) is 8.27. The van der Waals surface area contributed by atoms with Crippen molar-refractivity contribution in [3.8, 4) is 0 Å². The molecular weight excluding hydrogens is 504 g/mol. The number of alkyl halides is 15. The van der Waals surface area contributed by atoms with Crippen LogP contribution in [0.1, 0.15) is 19.3 Å². The lowest BCUT2D eigenvalue weighted by Gasteiger charge is -2.41. The van der Waals surface area contributed by atoms with Crippen molar-refractivity contribution in [2.24, 2.45) is 0 Å². The zero-order chi connectivity index (χ0) is 26.2. The minimum absolute atomic E-state index is 0.645. The Labute approximate surface area is 167 Å². The zero-order valence-electron chi connectivity index (χ0n) is 15.1. The molecule has 0 atom stereocenters. The molecule has 0 aliphatic rings. The molecule has 190 valence electrons. The predicted molar refractivity (Wildman–Crippen MR) is 70.8 cm³/mol. The Balaban J connectivity index is 6.22. The molecule has 0 heterocycles. The molecule has 0 saturated heterocycles. The van der Waals surface area contributed by atoms with Gasteiger partial charge in [-0.1, -0.05) is 0 Å². The van der Waals surface area contributed by atoms with Gasteiger partial charge < -0.3 is 4.74 Å². The van der Waals surface area contributed by atoms with E-state index in [-0.39, 0.29) is 0 Å². The van der Waals surface area contributed by atoms with Gasteiger partial charge in [-0.15, -0.1) is 0 Å². The van der Waals surface area contributed by atoms with Crippen LogP contribution in [0.25, 0.3) is 0 Å². The van der Waals surface area contributed by atoms with E-state index in [2.05, 4.69) is 4.74 Å². The van der Waals surface area contributed by atoms with Crippen LogP contribution >= 0.6 is 0 Å². The van der Waals surface area contributed by atoms with Crippen LogP contribution in [0.3, 0.4) is 0 Å². The van der Waals surface area contributed by atoms with Crippen molar-refractivity contribution < 1.29 is 79.8 Å². The standard InChI is InChI=1S/C14H10F16O2/c1-32-7(31)5-3-2-4-6(15)8(16,17)9(18,19)10(20,21)11(22,23)12(24,25)13(26,27)14(28,29)30/h4H,2-3,5H2,1H3/b6-4-. The Morgan fingerprint density at radius 3 is 1.44 bits per heavy atom. The van der Waals surface area contributed by atoms with Crippen molar-refractivity contribution in [1.29, 1.82) is 0 Å². The third-order valence-corrected chi connectivity index (χ3v) is 3.76. The Morgan fingerprint density at radius 2 is 1.06 bits per heavy atom. The van der Waals surface area contributed by atoms with Gasteiger partial charge in [0, 0.05) is 6.42 Å². The lowest BCUT2D eigenvalue weighted by atomic mass is 9.90. The Morgan fingerprint density at radius 1 is 0.688 bits per heavy atom. The Hall–Kier alpha value is -1.91. The highest BCUT2D eigenvalue weighted by atomic mass is 19.4. The van der Waals surface area contributed by atoms with Crippen molar-refractivity contribution in [1.82, 2.24) is 0 Å². The molecule has 0 N–H and O–H groups in total. The topological polar surface area (TPSA) is 26.3 Å². The monoisotopic (exact) mass is 514 g/mol. The number of halogens is 16. The molecule has 32 heavy (non-hydrogen) atoms. The predicted octanol–water partition coefficient (Wildman–Crippen LogP) is 6.56. The van der Waals surface area contributed by atoms with Gasteiger partial charge in [0.05, 0.1) is 7.11 Å². The van der Waals surface area contributed by atoms with Crippen LogP contribution in [0, 0.1) is 0 Å². The summed E-state index contributed by atoms with van der Waals surface area (Å²) >= 11 is 0. The fourth-order valence-corrected chi connectivity index (χ4v) is 1.82. The SMILES string of the molecule is COC(=O)CCC/C=C(\F)C(F)(F)C(F)(F)C(F)(F)C(F)(F)C(F)(F)C(F)(F)C(F)(F)F. The molecule has 0 fully saturated rings. The molecule has 0 amide bonds. The number of ether oxygens (including phenoxy) is 1. The van der Waals surface area contributed by atoms with Gasteiger partial charge in [0.1, 0.15) is 0 Å². The van der Waals surface area contributed by atoms with Crippen LogP contribution in [-0.4, -0.2) is 54.8 Å². The summed E-state index contributed by atoms with van der Waals surface area (Å²) in [5, 5.41) is 0. The first-order valence-electron chi connectivity index (χ1n) is 7.64. The fourth-order valence-electron chi connectivity index (χ4n) is 1.82. The van der Waals surface area contributed by atoms with Crippen molar-refractivity contribution >= 4 is 5.97 Å². The molecule has 0 aromatic rings. The van der Waals surface area contributed by atoms with Gasteiger partial charge in [-0.2, -0.15) is 65.9 Å². The number of unbranched alkanes of at least 4 members (excludes halogenated alkanes) is 1. The lowest BCUT2D eigenvalue weighted by Crippen LogP contribution is -2.72. The average Bonchev–Trinajstić information content (AvgIpc) is 2.62. The molecule has 0 aliphatic carbocycles. The van der Waals surface area contributed by atoms with Crippen LogP contribution in [0.15, 0.2) is 11.9 Å². The molecule has 2 nitrogen and oxygen atoms in total. The first-order chi connectivity index (χ1) is 13.9. The minimum Gasteiger partial charge on any atom is -0.469 e. The number of hydrogen-bond donors (Lipinski definition) is 0. The van der Waals surface area contributed by atoms with E-state index in [1.165, 1.54) is 0 Å². The first kappa shape index (κ1) is 30.1. The smallest absolute Gasteiger partial charge is 0.460 e. The number of esters is 1. The second-order valence-electron chi connectivity index (χ2n) is 5.96. The zero-order valence-corrected chi connectivity index (χ0v) is 15.1. The quantitative estimate of drug-likeness (QED) is 0.188. The maximum absolute atomic E-state index is 13.4. The maximum atomic E-state index is 13.4. The largest absolute Gasteiger partial charge is 0.469 e. The molecule has 0 unspecified atom stereocenters. The molecular formula is C14H10F16O2. The molecule has 0 aromatic heterocycles. The van der Waals surface area contributed by atoms with Gasteiger partial charge in [0.15, 0.2) is 5.83 Å². The van der Waals surface area contributed by atoms with Gasteiger partial charge >= 0.3 is 47.7 Å². The van der Waals surface area contributed by atoms with E-state index < -0.39 is 78.8 Å². The molecule has 0 spiro atoms. The van der Waals surface area contributed by atoms with Crippen LogP contribution in [0.5, 0.6) is 0 Å². The van der Waals surface area contributed by atoms with E-state index in [0.717, 1.165) is 7.11 Å². The van der Waals surface area contributed by atoms with Crippen LogP contribution in [0.4, 0.5) is 70.2 Å². The van der Waals surface area contributed by atoms with Crippen molar-refractivity contribution in [2.75, 3.05) is 7.11 Å². The van der Waals surface area contributed by atoms with E-state index in [0.29, 0.717) is 0 Å². The maximum Gasteiger partial charge on any atom is 0.460 e. The average molecular weight is 514 g/mol. The summed E-state index contributed by atoms with van der Waals surface area (Å²) in [5.74, 6) is -53.0. The summed E-state index contributed by atoms with van der Waals surface area (Å²) in [6, 6.07) is 0. The van der Waals surface area contributed by atoms with E-state index in [9.17, 15) is 75.0 Å². The lowest BCUT2D eigenvalue weighted by molar-refractivity contribution is -0.450. The van der Waals surface area contributed by atoms with Gasteiger partial charge in [0.25, 0.3) is 0 Å². The number of methoxy groups -OCH3 is 1. The number of rotatable bonds is 10. The summed E-state index contributed by atoms with van der Waals surface area (Å²) in [7, 11) is 0.827. The second-order valence-corrected chi connectivity index (χ2v) is 5.96. The third-order valence-electron chi connectivity index (χ3n) is 3.76. The van der Waals surface area contributed by atoms with Gasteiger partial charge in [-0.3, -0.25) is 4.79 Å². The molecule has 0 rings (SSSR count). The van der Waals surface area contributed by atoms with Crippen molar-refractivity contribution in [2.45, 2.75) is 61.0 Å². The highest BCUT2D eigenvalue weighted by Crippen LogP contribution is 2.63. The second kappa shape index (κ2) is 8.79. The number of hydrogen-bond acceptors (Lipinski definition) is 2. The fraction of sp³-hybridized carbons (Fsp3) is 0.786. The summed E-state index contributed by atoms with van der Waals surface area (Å²) in [5.41, 5.74) is 0. The van der Waals surface area contributed by atoms with Crippen LogP contribution in [-0.2, 0) is 9.53 Å². The highest BCUT2D eigenvalue weighted by molar-refractivity contribution is 5.69. The van der Waals surface area contributed by atoms with E-state index >= 15 is 0 Å². The minimum atomic E-state index is -8.48. The van der Waals surface area contributed by atoms with Crippen LogP contribution < -0.4 is 0 Å². The van der Waals surface area contributed by atoms with Gasteiger partial charge in [0.2, 0.25) is 0 Å². The molecule has 0 bridgehead atoms. The van der Waals surface area contributed by atoms with Crippen LogP contribution in [0.2, 0.25) is 0 Å². The Bertz CT molecular complexity index is 706. The van der Waals surface area contributed by atoms with E-state index in [1.54, 1.807) is 0 Å². The summed E-state index contributed by atoms with van der Waals surface area (Å²) in [4.78, 5) is 10.7. The first-order valence-corrected chi connectivity index (χ1v) is 7.64. The molecule has 0 aliphatic heterocycles. The van der Waals surface area contributed by atoms with Gasteiger partial charge in [-0.05, 0) is 18.9 Å². The highest BCUT2D eigenvalue weighted by Gasteiger charge is 2.93. The number of carbonyl (C=O) groups excluding carboxylic acids is 1. The number of allylic oxidation sites excluding steroid dienone is 2. The van der Waals surface area contributed by atoms with Gasteiger partial charge in [-0.25, -0.2) is 4.39 Å².